The fourth-order valence-corrected chi connectivity index (χ4v) is 6.09. The van der Waals surface area contributed by atoms with Crippen LogP contribution >= 0.6 is 23.1 Å². The Hall–Kier alpha value is -1.64. The smallest absolute Gasteiger partial charge is 0.280 e. The van der Waals surface area contributed by atoms with Gasteiger partial charge in [-0.2, -0.15) is 11.8 Å². The third-order valence-electron chi connectivity index (χ3n) is 5.20. The van der Waals surface area contributed by atoms with Crippen molar-refractivity contribution in [2.24, 2.45) is 0 Å². The fraction of sp³-hybridized carbons (Fsp3) is 0.500. The van der Waals surface area contributed by atoms with E-state index in [0.29, 0.717) is 4.70 Å². The van der Waals surface area contributed by atoms with Crippen molar-refractivity contribution in [3.8, 4) is 0 Å². The number of hydrogen-bond acceptors (Lipinski definition) is 6. The number of aromatic nitrogens is 3. The second kappa shape index (κ2) is 5.94. The van der Waals surface area contributed by atoms with Crippen molar-refractivity contribution in [1.82, 2.24) is 9.97 Å². The molecule has 8 heteroatoms. The van der Waals surface area contributed by atoms with Crippen LogP contribution in [0.25, 0.3) is 20.4 Å². The number of hydrogen-bond donors (Lipinski definition) is 1. The molecule has 0 radical (unpaired) electrons. The maximum Gasteiger partial charge on any atom is 0.280 e. The first-order valence-corrected chi connectivity index (χ1v) is 10.7. The molecule has 0 aliphatic carbocycles. The first-order chi connectivity index (χ1) is 12.5. The van der Waals surface area contributed by atoms with Gasteiger partial charge in [0.05, 0.1) is 30.5 Å². The molecule has 3 aromatic rings. The van der Waals surface area contributed by atoms with Crippen LogP contribution < -0.4 is 15.4 Å². The number of anilines is 1. The average Bonchev–Trinajstić information content (AvgIpc) is 3.01. The molecule has 0 bridgehead atoms. The van der Waals surface area contributed by atoms with Gasteiger partial charge in [0.25, 0.3) is 11.4 Å². The first kappa shape index (κ1) is 16.5. The second-order valence-corrected chi connectivity index (χ2v) is 10.2. The summed E-state index contributed by atoms with van der Waals surface area (Å²) in [6.45, 7) is 7.90. The normalized spacial score (nSPS) is 19.8. The summed E-state index contributed by atoms with van der Waals surface area (Å²) in [6.07, 6.45) is 2.50. The molecule has 136 valence electrons. The van der Waals surface area contributed by atoms with Crippen molar-refractivity contribution in [3.63, 3.8) is 0 Å². The summed E-state index contributed by atoms with van der Waals surface area (Å²) in [4.78, 5) is 26.6. The summed E-state index contributed by atoms with van der Waals surface area (Å²) < 4.78 is 6.42. The van der Waals surface area contributed by atoms with Crippen molar-refractivity contribution in [1.29, 1.82) is 0 Å². The molecule has 0 amide bonds. The van der Waals surface area contributed by atoms with Crippen LogP contribution in [-0.2, 0) is 16.9 Å². The zero-order chi connectivity index (χ0) is 17.9. The summed E-state index contributed by atoms with van der Waals surface area (Å²) in [6, 6.07) is 0. The number of nitrogens with one attached hydrogen (secondary N) is 2. The van der Waals surface area contributed by atoms with Crippen molar-refractivity contribution in [2.45, 2.75) is 30.8 Å². The Labute approximate surface area is 159 Å². The van der Waals surface area contributed by atoms with E-state index < -0.39 is 0 Å². The summed E-state index contributed by atoms with van der Waals surface area (Å²) in [7, 11) is 0. The minimum absolute atomic E-state index is 0.0595. The van der Waals surface area contributed by atoms with Gasteiger partial charge in [0.2, 0.25) is 0 Å². The summed E-state index contributed by atoms with van der Waals surface area (Å²) in [5.74, 6) is 2.17. The topological polar surface area (TPSA) is 72.4 Å². The van der Waals surface area contributed by atoms with Gasteiger partial charge in [-0.25, -0.2) is 9.97 Å². The second-order valence-electron chi connectivity index (χ2n) is 7.47. The Balaban J connectivity index is 1.83. The van der Waals surface area contributed by atoms with E-state index in [-0.39, 0.29) is 10.3 Å². The molecule has 1 saturated heterocycles. The number of pyridine rings is 1. The summed E-state index contributed by atoms with van der Waals surface area (Å²) >= 11 is 3.51. The van der Waals surface area contributed by atoms with E-state index in [0.717, 1.165) is 54.2 Å². The molecule has 3 aromatic heterocycles. The number of rotatable bonds is 1. The number of fused-ring (bicyclic) bond motifs is 5. The number of H-pyrrole nitrogens is 2. The predicted molar refractivity (Wildman–Crippen MR) is 106 cm³/mol. The van der Waals surface area contributed by atoms with Crippen LogP contribution in [0.2, 0.25) is 0 Å². The molecule has 2 aliphatic heterocycles. The van der Waals surface area contributed by atoms with Gasteiger partial charge in [0.15, 0.2) is 4.83 Å². The quantitative estimate of drug-likeness (QED) is 0.692. The zero-order valence-electron chi connectivity index (χ0n) is 14.8. The van der Waals surface area contributed by atoms with Crippen LogP contribution in [0, 0.1) is 0 Å². The van der Waals surface area contributed by atoms with Crippen LogP contribution in [-0.4, -0.2) is 41.0 Å². The molecule has 0 unspecified atom stereocenters. The van der Waals surface area contributed by atoms with E-state index >= 15 is 0 Å². The fourth-order valence-electron chi connectivity index (χ4n) is 3.92. The molecule has 6 nitrogen and oxygen atoms in total. The van der Waals surface area contributed by atoms with E-state index in [2.05, 4.69) is 33.7 Å². The molecule has 0 aromatic carbocycles. The predicted octanol–water partition coefficient (Wildman–Crippen LogP) is 2.36. The Morgan fingerprint density at radius 3 is 2.92 bits per heavy atom. The minimum atomic E-state index is -0.0595. The standard InChI is InChI=1S/C18H20N4O2S2/c1-18(2)7-10-11(8-25-18)15(22-3-5-24-6-4-22)21-17-12(10)13-14(26-17)16(23)20-9-19-13/h9H,3-8H2,1-2H3,(H,19,20,23)/p+1. The monoisotopic (exact) mass is 389 g/mol. The molecular weight excluding hydrogens is 368 g/mol. The van der Waals surface area contributed by atoms with Crippen LogP contribution in [0.1, 0.15) is 25.0 Å². The molecule has 2 aliphatic rings. The molecule has 0 spiro atoms. The Morgan fingerprint density at radius 2 is 2.12 bits per heavy atom. The number of morpholine rings is 1. The number of ether oxygens (including phenoxy) is 1. The number of thioether (sulfide) groups is 1. The average molecular weight is 390 g/mol. The van der Waals surface area contributed by atoms with E-state index in [1.807, 2.05) is 11.8 Å². The zero-order valence-corrected chi connectivity index (χ0v) is 16.5. The van der Waals surface area contributed by atoms with E-state index in [4.69, 9.17) is 4.74 Å². The molecule has 0 saturated carbocycles. The minimum Gasteiger partial charge on any atom is -0.373 e. The van der Waals surface area contributed by atoms with E-state index in [1.165, 1.54) is 34.6 Å². The highest BCUT2D eigenvalue weighted by Gasteiger charge is 2.35. The van der Waals surface area contributed by atoms with Gasteiger partial charge in [0, 0.05) is 10.5 Å². The molecule has 26 heavy (non-hydrogen) atoms. The SMILES string of the molecule is CC1(C)Cc2c(c(N3CCOCC3)[nH+]c3sc4c(=O)[nH]cnc4c23)CS1. The first-order valence-electron chi connectivity index (χ1n) is 8.87. The van der Waals surface area contributed by atoms with Gasteiger partial charge >= 0.3 is 0 Å². The Kier molecular flexibility index (Phi) is 3.77. The highest BCUT2D eigenvalue weighted by atomic mass is 32.2. The van der Waals surface area contributed by atoms with Gasteiger partial charge in [-0.15, -0.1) is 0 Å². The van der Waals surface area contributed by atoms with Crippen LogP contribution in [0.15, 0.2) is 11.1 Å². The third-order valence-corrected chi connectivity index (χ3v) is 7.65. The number of thiophene rings is 1. The lowest BCUT2D eigenvalue weighted by Crippen LogP contribution is -2.41. The number of aromatic amines is 2. The Morgan fingerprint density at radius 1 is 1.31 bits per heavy atom. The molecule has 5 rings (SSSR count). The van der Waals surface area contributed by atoms with Gasteiger partial charge in [-0.3, -0.25) is 9.69 Å². The maximum absolute atomic E-state index is 12.3. The van der Waals surface area contributed by atoms with E-state index in [1.54, 1.807) is 0 Å². The summed E-state index contributed by atoms with van der Waals surface area (Å²) in [5, 5.41) is 1.14. The highest BCUT2D eigenvalue weighted by Crippen LogP contribution is 2.45. The highest BCUT2D eigenvalue weighted by molar-refractivity contribution is 7.99. The number of nitrogens with zero attached hydrogens (tertiary/aromatic N) is 2. The molecule has 0 atom stereocenters. The lowest BCUT2D eigenvalue weighted by Gasteiger charge is -2.32. The lowest BCUT2D eigenvalue weighted by molar-refractivity contribution is -0.328. The van der Waals surface area contributed by atoms with Crippen molar-refractivity contribution in [2.75, 3.05) is 31.2 Å². The molecule has 5 heterocycles. The summed E-state index contributed by atoms with van der Waals surface area (Å²) in [5.41, 5.74) is 3.49. The lowest BCUT2D eigenvalue weighted by atomic mass is 9.94. The van der Waals surface area contributed by atoms with Gasteiger partial charge < -0.3 is 9.72 Å². The van der Waals surface area contributed by atoms with Crippen molar-refractivity contribution >= 4 is 49.3 Å². The van der Waals surface area contributed by atoms with E-state index in [9.17, 15) is 4.79 Å². The Bertz CT molecular complexity index is 1070. The van der Waals surface area contributed by atoms with Gasteiger partial charge in [-0.05, 0) is 12.0 Å². The molecule has 2 N–H and O–H groups in total. The van der Waals surface area contributed by atoms with Crippen LogP contribution in [0.5, 0.6) is 0 Å². The van der Waals surface area contributed by atoms with Crippen molar-refractivity contribution < 1.29 is 9.72 Å². The van der Waals surface area contributed by atoms with Gasteiger partial charge in [-0.1, -0.05) is 25.2 Å². The van der Waals surface area contributed by atoms with Crippen LogP contribution in [0.3, 0.4) is 0 Å². The molecular formula is C18H21N4O2S2+. The van der Waals surface area contributed by atoms with Gasteiger partial charge in [0.1, 0.15) is 23.3 Å². The van der Waals surface area contributed by atoms with Crippen molar-refractivity contribution in [3.05, 3.63) is 27.8 Å². The molecule has 1 fully saturated rings. The largest absolute Gasteiger partial charge is 0.373 e. The third kappa shape index (κ3) is 2.54. The van der Waals surface area contributed by atoms with Crippen LogP contribution in [0.4, 0.5) is 5.82 Å². The maximum atomic E-state index is 12.3.